The maximum Gasteiger partial charge on any atom is 0.0829 e. The fourth-order valence-corrected chi connectivity index (χ4v) is 3.34. The van der Waals surface area contributed by atoms with Crippen molar-refractivity contribution in [3.63, 3.8) is 0 Å². The van der Waals surface area contributed by atoms with Gasteiger partial charge in [0.2, 0.25) is 0 Å². The van der Waals surface area contributed by atoms with Crippen LogP contribution < -0.4 is 0 Å². The van der Waals surface area contributed by atoms with Gasteiger partial charge in [0.15, 0.2) is 0 Å². The Hall–Kier alpha value is -0.160. The van der Waals surface area contributed by atoms with E-state index in [0.717, 1.165) is 45.1 Å². The van der Waals surface area contributed by atoms with E-state index < -0.39 is 0 Å². The molecule has 2 fully saturated rings. The molecule has 0 spiro atoms. The average molecular weight is 270 g/mol. The van der Waals surface area contributed by atoms with Gasteiger partial charge in [0, 0.05) is 32.2 Å². The monoisotopic (exact) mass is 270 g/mol. The van der Waals surface area contributed by atoms with E-state index in [0.29, 0.717) is 18.8 Å². The van der Waals surface area contributed by atoms with Crippen LogP contribution in [0.15, 0.2) is 0 Å². The molecule has 0 aromatic heterocycles. The Labute approximate surface area is 117 Å². The highest BCUT2D eigenvalue weighted by Gasteiger charge is 2.27. The van der Waals surface area contributed by atoms with E-state index in [1.165, 1.54) is 19.4 Å². The number of hydrogen-bond acceptors (Lipinski definition) is 4. The average Bonchev–Trinajstić information content (AvgIpc) is 2.39. The molecule has 2 aliphatic rings. The van der Waals surface area contributed by atoms with Crippen molar-refractivity contribution in [3.05, 3.63) is 0 Å². The van der Waals surface area contributed by atoms with Crippen molar-refractivity contribution < 1.29 is 9.84 Å². The summed E-state index contributed by atoms with van der Waals surface area (Å²) in [6, 6.07) is 0.359. The fourth-order valence-electron chi connectivity index (χ4n) is 3.34. The lowest BCUT2D eigenvalue weighted by atomic mass is 10.0. The number of aliphatic hydroxyl groups is 1. The summed E-state index contributed by atoms with van der Waals surface area (Å²) in [4.78, 5) is 4.96. The number of likely N-dealkylation sites (tertiary alicyclic amines) is 1. The van der Waals surface area contributed by atoms with Crippen LogP contribution in [0, 0.1) is 5.92 Å². The molecule has 2 unspecified atom stereocenters. The molecule has 2 aliphatic heterocycles. The summed E-state index contributed by atoms with van der Waals surface area (Å²) in [6.07, 6.45) is 3.98. The van der Waals surface area contributed by atoms with Crippen LogP contribution in [0.4, 0.5) is 0 Å². The Morgan fingerprint density at radius 2 is 2.11 bits per heavy atom. The van der Waals surface area contributed by atoms with Crippen molar-refractivity contribution in [1.82, 2.24) is 9.80 Å². The van der Waals surface area contributed by atoms with Crippen LogP contribution in [-0.2, 0) is 4.74 Å². The van der Waals surface area contributed by atoms with Crippen LogP contribution in [0.3, 0.4) is 0 Å². The van der Waals surface area contributed by atoms with Gasteiger partial charge in [-0.3, -0.25) is 9.80 Å². The third-order valence-corrected chi connectivity index (χ3v) is 4.24. The smallest absolute Gasteiger partial charge is 0.0829 e. The Bertz CT molecular complexity index is 261. The van der Waals surface area contributed by atoms with Crippen molar-refractivity contribution in [2.24, 2.45) is 5.92 Å². The molecule has 2 atom stereocenters. The quantitative estimate of drug-likeness (QED) is 0.814. The predicted octanol–water partition coefficient (Wildman–Crippen LogP) is 1.19. The number of rotatable bonds is 5. The normalized spacial score (nSPS) is 30.9. The molecule has 0 aliphatic carbocycles. The summed E-state index contributed by atoms with van der Waals surface area (Å²) in [7, 11) is 0. The van der Waals surface area contributed by atoms with Crippen molar-refractivity contribution in [2.45, 2.75) is 45.3 Å². The fraction of sp³-hybridized carbons (Fsp3) is 1.00. The van der Waals surface area contributed by atoms with Gasteiger partial charge in [-0.05, 0) is 25.3 Å². The van der Waals surface area contributed by atoms with Crippen LogP contribution in [0.5, 0.6) is 0 Å². The highest BCUT2D eigenvalue weighted by atomic mass is 16.5. The van der Waals surface area contributed by atoms with Crippen molar-refractivity contribution in [2.75, 3.05) is 45.9 Å². The van der Waals surface area contributed by atoms with Crippen molar-refractivity contribution in [3.8, 4) is 0 Å². The first-order chi connectivity index (χ1) is 9.19. The minimum atomic E-state index is 0.294. The summed E-state index contributed by atoms with van der Waals surface area (Å²) in [5, 5.41) is 9.47. The van der Waals surface area contributed by atoms with E-state index in [1.54, 1.807) is 0 Å². The number of aliphatic hydroxyl groups excluding tert-OH is 1. The highest BCUT2D eigenvalue weighted by Crippen LogP contribution is 2.18. The lowest BCUT2D eigenvalue weighted by Gasteiger charge is -2.40. The Kier molecular flexibility index (Phi) is 6.07. The summed E-state index contributed by atoms with van der Waals surface area (Å²) in [6.45, 7) is 11.1. The number of ether oxygens (including phenoxy) is 1. The second kappa shape index (κ2) is 7.58. The summed E-state index contributed by atoms with van der Waals surface area (Å²) < 4.78 is 5.92. The van der Waals surface area contributed by atoms with Gasteiger partial charge in [0.05, 0.1) is 19.3 Å². The van der Waals surface area contributed by atoms with Gasteiger partial charge < -0.3 is 9.84 Å². The molecule has 2 heterocycles. The van der Waals surface area contributed by atoms with Crippen LogP contribution in [0.25, 0.3) is 0 Å². The summed E-state index contributed by atoms with van der Waals surface area (Å²) >= 11 is 0. The largest absolute Gasteiger partial charge is 0.395 e. The number of hydrogen-bond donors (Lipinski definition) is 1. The van der Waals surface area contributed by atoms with E-state index in [-0.39, 0.29) is 0 Å². The van der Waals surface area contributed by atoms with Gasteiger partial charge in [-0.2, -0.15) is 0 Å². The van der Waals surface area contributed by atoms with E-state index in [1.807, 2.05) is 0 Å². The standard InChI is InChI=1S/C15H30N2O2/c1-13(2)9-16-7-8-19-15(10-16)11-17-6-4-3-5-14(17)12-18/h13-15,18H,3-12H2,1-2H3. The third-order valence-electron chi connectivity index (χ3n) is 4.24. The first-order valence-electron chi connectivity index (χ1n) is 7.88. The maximum absolute atomic E-state index is 9.47. The molecule has 0 aromatic carbocycles. The first-order valence-corrected chi connectivity index (χ1v) is 7.88. The van der Waals surface area contributed by atoms with Crippen molar-refractivity contribution >= 4 is 0 Å². The molecule has 4 heteroatoms. The van der Waals surface area contributed by atoms with Gasteiger partial charge in [-0.15, -0.1) is 0 Å². The van der Waals surface area contributed by atoms with Gasteiger partial charge in [-0.1, -0.05) is 20.3 Å². The maximum atomic E-state index is 9.47. The third kappa shape index (κ3) is 4.71. The summed E-state index contributed by atoms with van der Waals surface area (Å²) in [5.41, 5.74) is 0. The Morgan fingerprint density at radius 1 is 1.26 bits per heavy atom. The molecule has 19 heavy (non-hydrogen) atoms. The van der Waals surface area contributed by atoms with E-state index >= 15 is 0 Å². The van der Waals surface area contributed by atoms with Crippen molar-refractivity contribution in [1.29, 1.82) is 0 Å². The molecule has 0 amide bonds. The number of piperidine rings is 1. The minimum absolute atomic E-state index is 0.294. The van der Waals surface area contributed by atoms with Crippen LogP contribution >= 0.6 is 0 Å². The zero-order chi connectivity index (χ0) is 13.7. The second-order valence-corrected chi connectivity index (χ2v) is 6.47. The molecular formula is C15H30N2O2. The Balaban J connectivity index is 1.80. The topological polar surface area (TPSA) is 35.9 Å². The molecule has 0 aromatic rings. The molecule has 0 saturated carbocycles. The SMILES string of the molecule is CC(C)CN1CCOC(CN2CCCCC2CO)C1. The lowest BCUT2D eigenvalue weighted by Crippen LogP contribution is -2.52. The zero-order valence-electron chi connectivity index (χ0n) is 12.6. The minimum Gasteiger partial charge on any atom is -0.395 e. The second-order valence-electron chi connectivity index (χ2n) is 6.47. The molecule has 1 N–H and O–H groups in total. The highest BCUT2D eigenvalue weighted by molar-refractivity contribution is 4.81. The molecular weight excluding hydrogens is 240 g/mol. The van der Waals surface area contributed by atoms with Gasteiger partial charge in [0.1, 0.15) is 0 Å². The molecule has 4 nitrogen and oxygen atoms in total. The molecule has 0 bridgehead atoms. The predicted molar refractivity (Wildman–Crippen MR) is 77.3 cm³/mol. The molecule has 0 radical (unpaired) electrons. The van der Waals surface area contributed by atoms with Crippen LogP contribution in [-0.4, -0.2) is 73.0 Å². The molecule has 112 valence electrons. The van der Waals surface area contributed by atoms with Crippen LogP contribution in [0.1, 0.15) is 33.1 Å². The summed E-state index contributed by atoms with van der Waals surface area (Å²) in [5.74, 6) is 0.721. The van der Waals surface area contributed by atoms with Gasteiger partial charge in [0.25, 0.3) is 0 Å². The first kappa shape index (κ1) is 15.2. The molecule has 2 saturated heterocycles. The van der Waals surface area contributed by atoms with E-state index in [9.17, 15) is 5.11 Å². The lowest BCUT2D eigenvalue weighted by molar-refractivity contribution is -0.0579. The number of morpholine rings is 1. The van der Waals surface area contributed by atoms with Gasteiger partial charge >= 0.3 is 0 Å². The Morgan fingerprint density at radius 3 is 2.84 bits per heavy atom. The molecule has 2 rings (SSSR count). The van der Waals surface area contributed by atoms with Crippen LogP contribution in [0.2, 0.25) is 0 Å². The number of nitrogens with zero attached hydrogens (tertiary/aromatic N) is 2. The zero-order valence-corrected chi connectivity index (χ0v) is 12.6. The van der Waals surface area contributed by atoms with Gasteiger partial charge in [-0.25, -0.2) is 0 Å². The van der Waals surface area contributed by atoms with E-state index in [2.05, 4.69) is 23.6 Å². The van der Waals surface area contributed by atoms with E-state index in [4.69, 9.17) is 4.74 Å².